The zero-order valence-electron chi connectivity index (χ0n) is 10.7. The molecule has 0 radical (unpaired) electrons. The Morgan fingerprint density at radius 2 is 2.35 bits per heavy atom. The van der Waals surface area contributed by atoms with Crippen molar-refractivity contribution in [2.45, 2.75) is 18.8 Å². The Bertz CT molecular complexity index is 690. The number of methoxy groups -OCH3 is 1. The number of rotatable bonds is 4. The molecule has 1 unspecified atom stereocenters. The van der Waals surface area contributed by atoms with Gasteiger partial charge in [-0.25, -0.2) is 4.39 Å². The Morgan fingerprint density at radius 1 is 1.60 bits per heavy atom. The summed E-state index contributed by atoms with van der Waals surface area (Å²) in [5.41, 5.74) is 0.810. The van der Waals surface area contributed by atoms with E-state index in [0.29, 0.717) is 21.1 Å². The molecule has 0 bridgehead atoms. The molecule has 0 N–H and O–H groups in total. The van der Waals surface area contributed by atoms with Crippen molar-refractivity contribution >= 4 is 39.5 Å². The average molecular weight is 387 g/mol. The van der Waals surface area contributed by atoms with Gasteiger partial charge in [0.25, 0.3) is 0 Å². The summed E-state index contributed by atoms with van der Waals surface area (Å²) in [6.45, 7) is 0. The van der Waals surface area contributed by atoms with Crippen molar-refractivity contribution in [2.24, 2.45) is 0 Å². The first-order chi connectivity index (χ1) is 9.56. The lowest BCUT2D eigenvalue weighted by molar-refractivity contribution is -0.140. The molecule has 0 aliphatic rings. The number of fused-ring (bicyclic) bond motifs is 1. The molecule has 1 aromatic carbocycles. The second-order valence-electron chi connectivity index (χ2n) is 4.23. The van der Waals surface area contributed by atoms with Crippen LogP contribution in [0.3, 0.4) is 0 Å². The maximum atomic E-state index is 13.7. The number of nitrogens with zero attached hydrogens (tertiary/aromatic N) is 1. The first kappa shape index (κ1) is 14.8. The van der Waals surface area contributed by atoms with Gasteiger partial charge in [-0.3, -0.25) is 4.79 Å². The number of nitriles is 1. The van der Waals surface area contributed by atoms with Crippen LogP contribution in [-0.4, -0.2) is 13.1 Å². The van der Waals surface area contributed by atoms with Crippen LogP contribution in [-0.2, 0) is 9.53 Å². The fourth-order valence-electron chi connectivity index (χ4n) is 2.04. The highest BCUT2D eigenvalue weighted by atomic mass is 127. The molecule has 20 heavy (non-hydrogen) atoms. The van der Waals surface area contributed by atoms with Crippen LogP contribution < -0.4 is 0 Å². The van der Waals surface area contributed by atoms with Crippen LogP contribution in [0.1, 0.15) is 24.3 Å². The topological polar surface area (TPSA) is 63.2 Å². The van der Waals surface area contributed by atoms with Crippen LogP contribution in [0.2, 0.25) is 0 Å². The van der Waals surface area contributed by atoms with E-state index in [9.17, 15) is 14.4 Å². The van der Waals surface area contributed by atoms with Gasteiger partial charge in [0.2, 0.25) is 0 Å². The largest absolute Gasteiger partial charge is 0.469 e. The van der Waals surface area contributed by atoms with Gasteiger partial charge in [-0.1, -0.05) is 6.07 Å². The molecular weight excluding hydrogens is 376 g/mol. The van der Waals surface area contributed by atoms with Crippen LogP contribution in [0.25, 0.3) is 11.0 Å². The van der Waals surface area contributed by atoms with Gasteiger partial charge in [-0.15, -0.1) is 0 Å². The number of ether oxygens (including phenoxy) is 1. The minimum absolute atomic E-state index is 0.141. The average Bonchev–Trinajstić information content (AvgIpc) is 2.83. The Labute approximate surface area is 128 Å². The van der Waals surface area contributed by atoms with Crippen molar-refractivity contribution in [1.29, 1.82) is 5.26 Å². The zero-order valence-corrected chi connectivity index (χ0v) is 12.8. The van der Waals surface area contributed by atoms with E-state index in [-0.39, 0.29) is 18.0 Å². The summed E-state index contributed by atoms with van der Waals surface area (Å²) < 4.78 is 24.1. The van der Waals surface area contributed by atoms with Gasteiger partial charge >= 0.3 is 5.97 Å². The molecule has 1 atom stereocenters. The third-order valence-corrected chi connectivity index (χ3v) is 3.57. The molecule has 1 heterocycles. The lowest BCUT2D eigenvalue weighted by Gasteiger charge is -2.09. The molecule has 0 aliphatic carbocycles. The van der Waals surface area contributed by atoms with E-state index in [2.05, 4.69) is 10.8 Å². The summed E-state index contributed by atoms with van der Waals surface area (Å²) >= 11 is 1.95. The van der Waals surface area contributed by atoms with Gasteiger partial charge in [0.15, 0.2) is 15.2 Å². The summed E-state index contributed by atoms with van der Waals surface area (Å²) in [7, 11) is 1.30. The highest BCUT2D eigenvalue weighted by molar-refractivity contribution is 14.1. The van der Waals surface area contributed by atoms with Crippen molar-refractivity contribution in [3.63, 3.8) is 0 Å². The summed E-state index contributed by atoms with van der Waals surface area (Å²) in [5.74, 6) is -1.34. The van der Waals surface area contributed by atoms with Gasteiger partial charge in [0, 0.05) is 11.8 Å². The minimum Gasteiger partial charge on any atom is -0.469 e. The smallest absolute Gasteiger partial charge is 0.305 e. The lowest BCUT2D eigenvalue weighted by Crippen LogP contribution is -2.04. The van der Waals surface area contributed by atoms with Crippen LogP contribution in [0.5, 0.6) is 0 Å². The van der Waals surface area contributed by atoms with Crippen LogP contribution in [0.15, 0.2) is 22.6 Å². The number of benzene rings is 1. The Kier molecular flexibility index (Phi) is 4.60. The van der Waals surface area contributed by atoms with Crippen molar-refractivity contribution in [2.75, 3.05) is 7.11 Å². The molecule has 0 amide bonds. The predicted octanol–water partition coefficient (Wildman–Crippen LogP) is 3.74. The second kappa shape index (κ2) is 6.22. The molecule has 1 aromatic heterocycles. The summed E-state index contributed by atoms with van der Waals surface area (Å²) in [6.07, 6.45) is 0.466. The number of furan rings is 1. The van der Waals surface area contributed by atoms with Crippen LogP contribution >= 0.6 is 22.6 Å². The monoisotopic (exact) mass is 387 g/mol. The van der Waals surface area contributed by atoms with Crippen molar-refractivity contribution < 1.29 is 18.3 Å². The minimum atomic E-state index is -0.509. The summed E-state index contributed by atoms with van der Waals surface area (Å²) in [5, 5.41) is 9.85. The van der Waals surface area contributed by atoms with Gasteiger partial charge in [-0.2, -0.15) is 5.26 Å². The molecular formula is C14H11FINO3. The number of carbonyl (C=O) groups is 1. The van der Waals surface area contributed by atoms with Crippen molar-refractivity contribution in [3.05, 3.63) is 33.3 Å². The molecule has 104 valence electrons. The lowest BCUT2D eigenvalue weighted by atomic mass is 9.93. The van der Waals surface area contributed by atoms with Gasteiger partial charge in [0.1, 0.15) is 0 Å². The van der Waals surface area contributed by atoms with Crippen LogP contribution in [0.4, 0.5) is 4.39 Å². The predicted molar refractivity (Wildman–Crippen MR) is 78.5 cm³/mol. The number of hydrogen-bond acceptors (Lipinski definition) is 4. The van der Waals surface area contributed by atoms with Crippen molar-refractivity contribution in [3.8, 4) is 6.07 Å². The fraction of sp³-hybridized carbons (Fsp3) is 0.286. The molecule has 2 rings (SSSR count). The van der Waals surface area contributed by atoms with E-state index in [0.717, 1.165) is 0 Å². The van der Waals surface area contributed by atoms with E-state index < -0.39 is 11.7 Å². The third-order valence-electron chi connectivity index (χ3n) is 3.04. The summed E-state index contributed by atoms with van der Waals surface area (Å²) in [6, 6.07) is 6.68. The quantitative estimate of drug-likeness (QED) is 0.593. The van der Waals surface area contributed by atoms with Gasteiger partial charge in [0.05, 0.1) is 19.1 Å². The van der Waals surface area contributed by atoms with Gasteiger partial charge < -0.3 is 9.15 Å². The Morgan fingerprint density at radius 3 is 3.00 bits per heavy atom. The van der Waals surface area contributed by atoms with E-state index in [1.54, 1.807) is 12.1 Å². The maximum absolute atomic E-state index is 13.7. The summed E-state index contributed by atoms with van der Waals surface area (Å²) in [4.78, 5) is 11.2. The molecule has 4 nitrogen and oxygen atoms in total. The molecule has 2 aromatic rings. The van der Waals surface area contributed by atoms with E-state index in [1.165, 1.54) is 13.2 Å². The fourth-order valence-corrected chi connectivity index (χ4v) is 2.57. The molecule has 0 aliphatic heterocycles. The van der Waals surface area contributed by atoms with E-state index in [1.807, 2.05) is 22.6 Å². The SMILES string of the molecule is COC(=O)CCC(C#N)c1ccc(F)c2oc(I)cc12. The Hall–Kier alpha value is -1.62. The Balaban J connectivity index is 2.38. The van der Waals surface area contributed by atoms with E-state index in [4.69, 9.17) is 4.42 Å². The maximum Gasteiger partial charge on any atom is 0.305 e. The first-order valence-corrected chi connectivity index (χ1v) is 6.98. The number of carbonyl (C=O) groups excluding carboxylic acids is 1. The highest BCUT2D eigenvalue weighted by Crippen LogP contribution is 2.32. The number of halogens is 2. The number of hydrogen-bond donors (Lipinski definition) is 0. The normalized spacial score (nSPS) is 12.1. The third kappa shape index (κ3) is 2.93. The number of esters is 1. The van der Waals surface area contributed by atoms with Crippen LogP contribution in [0, 0.1) is 20.9 Å². The molecule has 0 saturated heterocycles. The zero-order chi connectivity index (χ0) is 14.7. The molecule has 0 fully saturated rings. The first-order valence-electron chi connectivity index (χ1n) is 5.90. The van der Waals surface area contributed by atoms with E-state index >= 15 is 0 Å². The molecule has 0 spiro atoms. The second-order valence-corrected chi connectivity index (χ2v) is 5.29. The molecule has 6 heteroatoms. The van der Waals surface area contributed by atoms with Crippen molar-refractivity contribution in [1.82, 2.24) is 0 Å². The standard InChI is InChI=1S/C14H11FINO3/c1-19-13(18)5-2-8(7-17)9-3-4-11(15)14-10(9)6-12(16)20-14/h3-4,6,8H,2,5H2,1H3. The van der Waals surface area contributed by atoms with Gasteiger partial charge in [-0.05, 0) is 46.7 Å². The highest BCUT2D eigenvalue weighted by Gasteiger charge is 2.19. The molecule has 0 saturated carbocycles.